The maximum Gasteiger partial charge on any atom is 0.352 e. The number of hydrogen-bond acceptors (Lipinski definition) is 4. The number of nitrogens with one attached hydrogen (secondary N) is 1. The molecule has 0 unspecified atom stereocenters. The van der Waals surface area contributed by atoms with Crippen molar-refractivity contribution < 1.29 is 24.2 Å². The van der Waals surface area contributed by atoms with Gasteiger partial charge in [0.15, 0.2) is 0 Å². The molecule has 0 spiro atoms. The summed E-state index contributed by atoms with van der Waals surface area (Å²) in [5.41, 5.74) is 0.529. The summed E-state index contributed by atoms with van der Waals surface area (Å²) in [7, 11) is 0. The molecule has 0 saturated heterocycles. The second kappa shape index (κ2) is 7.73. The summed E-state index contributed by atoms with van der Waals surface area (Å²) in [6.45, 7) is 1.27. The molecule has 6 nitrogen and oxygen atoms in total. The average Bonchev–Trinajstić information content (AvgIpc) is 2.54. The highest BCUT2D eigenvalue weighted by atomic mass is 16.5. The summed E-state index contributed by atoms with van der Waals surface area (Å²) < 4.78 is 4.94. The first-order chi connectivity index (χ1) is 11.5. The van der Waals surface area contributed by atoms with Crippen LogP contribution in [-0.2, 0) is 9.59 Å². The lowest BCUT2D eigenvalue weighted by molar-refractivity contribution is -0.133. The largest absolute Gasteiger partial charge is 0.477 e. The Hall–Kier alpha value is -3.41. The van der Waals surface area contributed by atoms with Crippen LogP contribution in [0.5, 0.6) is 5.75 Å². The van der Waals surface area contributed by atoms with Gasteiger partial charge in [-0.15, -0.1) is 0 Å². The Morgan fingerprint density at radius 2 is 1.75 bits per heavy atom. The van der Waals surface area contributed by atoms with Gasteiger partial charge in [-0.05, 0) is 35.9 Å². The number of ether oxygens (including phenoxy) is 1. The predicted octanol–water partition coefficient (Wildman–Crippen LogP) is 2.47. The van der Waals surface area contributed by atoms with E-state index >= 15 is 0 Å². The molecule has 2 aromatic rings. The van der Waals surface area contributed by atoms with Gasteiger partial charge < -0.3 is 15.2 Å². The molecule has 0 radical (unpaired) electrons. The van der Waals surface area contributed by atoms with Crippen LogP contribution in [0.15, 0.2) is 60.3 Å². The number of amides is 1. The molecule has 0 aliphatic heterocycles. The molecular formula is C18H15NO5. The summed E-state index contributed by atoms with van der Waals surface area (Å²) in [4.78, 5) is 34.4. The third-order valence-electron chi connectivity index (χ3n) is 2.95. The molecule has 1 amide bonds. The Labute approximate surface area is 138 Å². The van der Waals surface area contributed by atoms with Crippen LogP contribution in [0.1, 0.15) is 22.8 Å². The maximum absolute atomic E-state index is 12.1. The van der Waals surface area contributed by atoms with E-state index in [1.165, 1.54) is 19.1 Å². The standard InChI is InChI=1S/C18H15NO5/c1-12(20)24-15-9-5-6-13(10-15)11-16(18(22)23)19-17(21)14-7-3-2-4-8-14/h2-11H,1H3,(H,19,21)(H,22,23)/b16-11+. The van der Waals surface area contributed by atoms with Gasteiger partial charge in [-0.3, -0.25) is 9.59 Å². The van der Waals surface area contributed by atoms with E-state index in [2.05, 4.69) is 5.32 Å². The van der Waals surface area contributed by atoms with Crippen molar-refractivity contribution in [1.29, 1.82) is 0 Å². The van der Waals surface area contributed by atoms with E-state index < -0.39 is 17.8 Å². The fourth-order valence-electron chi connectivity index (χ4n) is 1.94. The molecule has 0 aliphatic carbocycles. The SMILES string of the molecule is CC(=O)Oc1cccc(/C=C(/NC(=O)c2ccccc2)C(=O)O)c1. The molecule has 0 aliphatic rings. The molecule has 0 bridgehead atoms. The number of carbonyl (C=O) groups excluding carboxylic acids is 2. The van der Waals surface area contributed by atoms with E-state index in [1.807, 2.05) is 0 Å². The number of carboxylic acid groups (broad SMARTS) is 1. The number of rotatable bonds is 5. The Balaban J connectivity index is 2.24. The minimum atomic E-state index is -1.28. The third-order valence-corrected chi connectivity index (χ3v) is 2.95. The van der Waals surface area contributed by atoms with Crippen molar-refractivity contribution >= 4 is 23.9 Å². The number of aliphatic carboxylic acids is 1. The zero-order chi connectivity index (χ0) is 17.5. The van der Waals surface area contributed by atoms with E-state index in [4.69, 9.17) is 4.74 Å². The monoisotopic (exact) mass is 325 g/mol. The summed E-state index contributed by atoms with van der Waals surface area (Å²) in [6, 6.07) is 14.6. The highest BCUT2D eigenvalue weighted by molar-refractivity contribution is 6.02. The molecule has 0 atom stereocenters. The molecule has 0 heterocycles. The molecule has 2 N–H and O–H groups in total. The third kappa shape index (κ3) is 4.81. The lowest BCUT2D eigenvalue weighted by atomic mass is 10.1. The van der Waals surface area contributed by atoms with Gasteiger partial charge in [0.2, 0.25) is 0 Å². The van der Waals surface area contributed by atoms with Gasteiger partial charge >= 0.3 is 11.9 Å². The van der Waals surface area contributed by atoms with Crippen LogP contribution in [0.3, 0.4) is 0 Å². The number of benzene rings is 2. The van der Waals surface area contributed by atoms with Crippen LogP contribution >= 0.6 is 0 Å². The molecule has 2 aromatic carbocycles. The van der Waals surface area contributed by atoms with E-state index in [1.54, 1.807) is 48.5 Å². The van der Waals surface area contributed by atoms with E-state index in [0.717, 1.165) is 0 Å². The minimum Gasteiger partial charge on any atom is -0.477 e. The lowest BCUT2D eigenvalue weighted by Crippen LogP contribution is -2.27. The molecule has 0 aromatic heterocycles. The first-order valence-corrected chi connectivity index (χ1v) is 7.05. The zero-order valence-electron chi connectivity index (χ0n) is 12.9. The van der Waals surface area contributed by atoms with Crippen LogP contribution in [-0.4, -0.2) is 23.0 Å². The summed E-state index contributed by atoms with van der Waals surface area (Å²) >= 11 is 0. The molecule has 122 valence electrons. The van der Waals surface area contributed by atoms with E-state index in [-0.39, 0.29) is 11.4 Å². The Morgan fingerprint density at radius 1 is 1.04 bits per heavy atom. The van der Waals surface area contributed by atoms with Crippen molar-refractivity contribution in [1.82, 2.24) is 5.32 Å². The van der Waals surface area contributed by atoms with Gasteiger partial charge in [0.05, 0.1) is 0 Å². The quantitative estimate of drug-likeness (QED) is 0.500. The van der Waals surface area contributed by atoms with Crippen molar-refractivity contribution in [2.24, 2.45) is 0 Å². The van der Waals surface area contributed by atoms with Crippen molar-refractivity contribution in [3.05, 3.63) is 71.4 Å². The minimum absolute atomic E-state index is 0.287. The highest BCUT2D eigenvalue weighted by Gasteiger charge is 2.13. The van der Waals surface area contributed by atoms with Crippen LogP contribution in [0.25, 0.3) is 6.08 Å². The van der Waals surface area contributed by atoms with Gasteiger partial charge in [-0.2, -0.15) is 0 Å². The fourth-order valence-corrected chi connectivity index (χ4v) is 1.94. The smallest absolute Gasteiger partial charge is 0.352 e. The van der Waals surface area contributed by atoms with Crippen molar-refractivity contribution in [3.63, 3.8) is 0 Å². The summed E-state index contributed by atoms with van der Waals surface area (Å²) in [6.07, 6.45) is 1.29. The fraction of sp³-hybridized carbons (Fsp3) is 0.0556. The maximum atomic E-state index is 12.1. The van der Waals surface area contributed by atoms with Crippen LogP contribution < -0.4 is 10.1 Å². The normalized spacial score (nSPS) is 10.8. The molecule has 24 heavy (non-hydrogen) atoms. The van der Waals surface area contributed by atoms with Crippen LogP contribution in [0.4, 0.5) is 0 Å². The van der Waals surface area contributed by atoms with E-state index in [0.29, 0.717) is 11.1 Å². The molecule has 0 saturated carbocycles. The van der Waals surface area contributed by atoms with Crippen molar-refractivity contribution in [2.45, 2.75) is 6.92 Å². The topological polar surface area (TPSA) is 92.7 Å². The lowest BCUT2D eigenvalue weighted by Gasteiger charge is -2.07. The number of carboxylic acids is 1. The first-order valence-electron chi connectivity index (χ1n) is 7.05. The zero-order valence-corrected chi connectivity index (χ0v) is 12.9. The summed E-state index contributed by atoms with van der Waals surface area (Å²) in [5.74, 6) is -2.00. The molecular weight excluding hydrogens is 310 g/mol. The number of hydrogen-bond donors (Lipinski definition) is 2. The number of carbonyl (C=O) groups is 3. The van der Waals surface area contributed by atoms with Gasteiger partial charge in [0.1, 0.15) is 11.4 Å². The number of esters is 1. The van der Waals surface area contributed by atoms with Crippen molar-refractivity contribution in [2.75, 3.05) is 0 Å². The highest BCUT2D eigenvalue weighted by Crippen LogP contribution is 2.16. The van der Waals surface area contributed by atoms with Gasteiger partial charge in [0, 0.05) is 12.5 Å². The van der Waals surface area contributed by atoms with Crippen molar-refractivity contribution in [3.8, 4) is 5.75 Å². The summed E-state index contributed by atoms with van der Waals surface area (Å²) in [5, 5.41) is 11.6. The van der Waals surface area contributed by atoms with Gasteiger partial charge in [-0.1, -0.05) is 30.3 Å². The second-order valence-electron chi connectivity index (χ2n) is 4.85. The first kappa shape index (κ1) is 17.0. The Kier molecular flexibility index (Phi) is 5.46. The predicted molar refractivity (Wildman–Crippen MR) is 87.3 cm³/mol. The molecule has 2 rings (SSSR count). The Bertz CT molecular complexity index is 796. The second-order valence-corrected chi connectivity index (χ2v) is 4.85. The van der Waals surface area contributed by atoms with Crippen LogP contribution in [0.2, 0.25) is 0 Å². The van der Waals surface area contributed by atoms with Crippen LogP contribution in [0, 0.1) is 0 Å². The molecule has 0 fully saturated rings. The molecule has 6 heteroatoms. The van der Waals surface area contributed by atoms with Gasteiger partial charge in [-0.25, -0.2) is 4.79 Å². The Morgan fingerprint density at radius 3 is 2.38 bits per heavy atom. The van der Waals surface area contributed by atoms with E-state index in [9.17, 15) is 19.5 Å². The average molecular weight is 325 g/mol. The van der Waals surface area contributed by atoms with Gasteiger partial charge in [0.25, 0.3) is 5.91 Å².